The fraction of sp³-hybridized carbons (Fsp3) is 0.200. The Morgan fingerprint density at radius 1 is 0.927 bits per heavy atom. The van der Waals surface area contributed by atoms with Gasteiger partial charge in [-0.05, 0) is 42.7 Å². The van der Waals surface area contributed by atoms with Crippen molar-refractivity contribution >= 4 is 33.8 Å². The third-order valence-electron chi connectivity index (χ3n) is 7.56. The van der Waals surface area contributed by atoms with Crippen molar-refractivity contribution < 1.29 is 13.6 Å². The van der Waals surface area contributed by atoms with Gasteiger partial charge in [-0.2, -0.15) is 5.10 Å². The molecule has 1 fully saturated rings. The van der Waals surface area contributed by atoms with Gasteiger partial charge in [0.15, 0.2) is 17.1 Å². The summed E-state index contributed by atoms with van der Waals surface area (Å²) < 4.78 is 30.1. The predicted octanol–water partition coefficient (Wildman–Crippen LogP) is 6.42. The summed E-state index contributed by atoms with van der Waals surface area (Å²) in [5.41, 5.74) is 3.90. The Labute approximate surface area is 232 Å². The third kappa shape index (κ3) is 4.58. The molecular formula is C30H24F2N8O. The highest BCUT2D eigenvalue weighted by Gasteiger charge is 2.23. The van der Waals surface area contributed by atoms with E-state index in [0.29, 0.717) is 33.5 Å². The van der Waals surface area contributed by atoms with Crippen molar-refractivity contribution in [2.75, 3.05) is 5.32 Å². The number of nitrogens with one attached hydrogen (secondary N) is 3. The molecule has 5 heterocycles. The molecule has 1 saturated carbocycles. The van der Waals surface area contributed by atoms with Crippen LogP contribution >= 0.6 is 0 Å². The largest absolute Gasteiger partial charge is 0.324 e. The summed E-state index contributed by atoms with van der Waals surface area (Å²) in [7, 11) is 0. The minimum Gasteiger partial charge on any atom is -0.324 e. The van der Waals surface area contributed by atoms with E-state index in [-0.39, 0.29) is 45.8 Å². The highest BCUT2D eigenvalue weighted by molar-refractivity contribution is 5.97. The molecule has 0 bridgehead atoms. The number of halogens is 2. The Morgan fingerprint density at radius 3 is 2.66 bits per heavy atom. The Balaban J connectivity index is 1.26. The van der Waals surface area contributed by atoms with Crippen LogP contribution in [-0.4, -0.2) is 41.0 Å². The molecule has 6 aromatic rings. The van der Waals surface area contributed by atoms with Crippen molar-refractivity contribution in [1.29, 1.82) is 0 Å². The number of imidazole rings is 1. The summed E-state index contributed by atoms with van der Waals surface area (Å²) in [6.07, 6.45) is 11.1. The summed E-state index contributed by atoms with van der Waals surface area (Å²) >= 11 is 0. The summed E-state index contributed by atoms with van der Waals surface area (Å²) in [5, 5.41) is 10.2. The van der Waals surface area contributed by atoms with Crippen molar-refractivity contribution in [2.45, 2.75) is 32.1 Å². The lowest BCUT2D eigenvalue weighted by atomic mass is 9.88. The second-order valence-corrected chi connectivity index (χ2v) is 10.2. The first-order valence-corrected chi connectivity index (χ1v) is 13.4. The van der Waals surface area contributed by atoms with Crippen LogP contribution in [0.3, 0.4) is 0 Å². The molecule has 0 aliphatic heterocycles. The van der Waals surface area contributed by atoms with E-state index >= 15 is 4.39 Å². The molecule has 1 amide bonds. The number of anilines is 1. The van der Waals surface area contributed by atoms with Crippen molar-refractivity contribution in [3.8, 4) is 33.8 Å². The average molecular weight is 551 g/mol. The molecule has 7 rings (SSSR count). The van der Waals surface area contributed by atoms with Crippen LogP contribution in [0.1, 0.15) is 32.1 Å². The summed E-state index contributed by atoms with van der Waals surface area (Å²) in [6, 6.07) is 9.64. The van der Waals surface area contributed by atoms with E-state index in [0.717, 1.165) is 32.1 Å². The average Bonchev–Trinajstić information content (AvgIpc) is 3.63. The van der Waals surface area contributed by atoms with Gasteiger partial charge in [-0.25, -0.2) is 23.7 Å². The van der Waals surface area contributed by atoms with Gasteiger partial charge in [-0.15, -0.1) is 0 Å². The Bertz CT molecular complexity index is 1930. The number of fused-ring (bicyclic) bond motifs is 2. The van der Waals surface area contributed by atoms with Crippen LogP contribution in [0.5, 0.6) is 0 Å². The van der Waals surface area contributed by atoms with E-state index in [1.165, 1.54) is 24.5 Å². The van der Waals surface area contributed by atoms with Crippen LogP contribution in [0.25, 0.3) is 56.0 Å². The minimum absolute atomic E-state index is 0.0182. The van der Waals surface area contributed by atoms with Crippen LogP contribution in [-0.2, 0) is 4.79 Å². The highest BCUT2D eigenvalue weighted by Crippen LogP contribution is 2.35. The molecule has 1 aliphatic carbocycles. The second-order valence-electron chi connectivity index (χ2n) is 10.2. The molecule has 3 N–H and O–H groups in total. The highest BCUT2D eigenvalue weighted by atomic mass is 19.1. The lowest BCUT2D eigenvalue weighted by Crippen LogP contribution is -2.24. The standard InChI is InChI=1S/C30H24F2N8O/c31-19-8-4-7-17(11-19)21-9-10-34-28-25(21)37-29(38-28)26-23-24(32)22(15-35-27(23)40-39-26)18-12-20(14-33-13-18)36-30(41)16-5-2-1-3-6-16/h4,7-16H,1-3,5-6H2,(H,36,41)(H,34,37,38)(H,35,39,40). The normalized spacial score (nSPS) is 14.1. The summed E-state index contributed by atoms with van der Waals surface area (Å²) in [5.74, 6) is -0.697. The van der Waals surface area contributed by atoms with Gasteiger partial charge >= 0.3 is 0 Å². The lowest BCUT2D eigenvalue weighted by Gasteiger charge is -2.20. The number of hydrogen-bond donors (Lipinski definition) is 3. The molecule has 11 heteroatoms. The first kappa shape index (κ1) is 24.9. The molecular weight excluding hydrogens is 526 g/mol. The van der Waals surface area contributed by atoms with Crippen LogP contribution in [0.4, 0.5) is 14.5 Å². The molecule has 5 aromatic heterocycles. The van der Waals surface area contributed by atoms with Gasteiger partial charge in [0.25, 0.3) is 0 Å². The number of rotatable bonds is 5. The molecule has 204 valence electrons. The maximum absolute atomic E-state index is 16.1. The zero-order valence-corrected chi connectivity index (χ0v) is 21.8. The number of H-pyrrole nitrogens is 2. The van der Waals surface area contributed by atoms with Gasteiger partial charge in [0.2, 0.25) is 5.91 Å². The monoisotopic (exact) mass is 550 g/mol. The number of benzene rings is 1. The Morgan fingerprint density at radius 2 is 1.80 bits per heavy atom. The maximum atomic E-state index is 16.1. The van der Waals surface area contributed by atoms with Gasteiger partial charge in [0.05, 0.1) is 17.3 Å². The topological polar surface area (TPSA) is 125 Å². The number of amides is 1. The van der Waals surface area contributed by atoms with Crippen molar-refractivity contribution in [2.24, 2.45) is 5.92 Å². The zero-order chi connectivity index (χ0) is 27.9. The minimum atomic E-state index is -0.560. The molecule has 0 atom stereocenters. The summed E-state index contributed by atoms with van der Waals surface area (Å²) in [6.45, 7) is 0. The number of carbonyl (C=O) groups excluding carboxylic acids is 1. The van der Waals surface area contributed by atoms with Crippen LogP contribution in [0.2, 0.25) is 0 Å². The number of carbonyl (C=O) groups is 1. The van der Waals surface area contributed by atoms with Gasteiger partial charge in [-0.3, -0.25) is 14.9 Å². The van der Waals surface area contributed by atoms with E-state index in [2.05, 4.69) is 40.4 Å². The molecule has 41 heavy (non-hydrogen) atoms. The van der Waals surface area contributed by atoms with E-state index in [1.54, 1.807) is 36.7 Å². The number of pyridine rings is 3. The Kier molecular flexibility index (Phi) is 6.18. The third-order valence-corrected chi connectivity index (χ3v) is 7.56. The first-order chi connectivity index (χ1) is 20.0. The zero-order valence-electron chi connectivity index (χ0n) is 21.8. The van der Waals surface area contributed by atoms with Gasteiger partial charge in [0, 0.05) is 41.2 Å². The molecule has 0 unspecified atom stereocenters. The number of nitrogens with zero attached hydrogens (tertiary/aromatic N) is 5. The van der Waals surface area contributed by atoms with Gasteiger partial charge in [-0.1, -0.05) is 31.4 Å². The molecule has 9 nitrogen and oxygen atoms in total. The van der Waals surface area contributed by atoms with Crippen molar-refractivity contribution in [3.63, 3.8) is 0 Å². The van der Waals surface area contributed by atoms with Gasteiger partial charge < -0.3 is 10.3 Å². The summed E-state index contributed by atoms with van der Waals surface area (Å²) in [4.78, 5) is 33.5. The Hall–Kier alpha value is -5.06. The van der Waals surface area contributed by atoms with E-state index in [9.17, 15) is 9.18 Å². The number of hydrogen-bond acceptors (Lipinski definition) is 6. The quantitative estimate of drug-likeness (QED) is 0.227. The van der Waals surface area contributed by atoms with Crippen LogP contribution in [0, 0.1) is 17.6 Å². The maximum Gasteiger partial charge on any atom is 0.227 e. The molecule has 1 aromatic carbocycles. The second kappa shape index (κ2) is 10.2. The van der Waals surface area contributed by atoms with E-state index in [4.69, 9.17) is 0 Å². The SMILES string of the molecule is O=C(Nc1cncc(-c2cnc3[nH]nc(-c4nc5c(-c6cccc(F)c6)ccnc5[nH]4)c3c2F)c1)C1CCCCC1. The molecule has 1 aliphatic rings. The fourth-order valence-corrected chi connectivity index (χ4v) is 5.50. The van der Waals surface area contributed by atoms with Crippen molar-refractivity contribution in [3.05, 3.63) is 72.8 Å². The molecule has 0 saturated heterocycles. The van der Waals surface area contributed by atoms with Crippen LogP contribution < -0.4 is 5.32 Å². The molecule has 0 radical (unpaired) electrons. The van der Waals surface area contributed by atoms with E-state index in [1.807, 2.05) is 0 Å². The lowest BCUT2D eigenvalue weighted by molar-refractivity contribution is -0.120. The van der Waals surface area contributed by atoms with Gasteiger partial charge in [0.1, 0.15) is 22.8 Å². The smallest absolute Gasteiger partial charge is 0.227 e. The van der Waals surface area contributed by atoms with Crippen molar-refractivity contribution in [1.82, 2.24) is 35.1 Å². The van der Waals surface area contributed by atoms with Crippen LogP contribution in [0.15, 0.2) is 61.2 Å². The number of aromatic nitrogens is 7. The number of aromatic amines is 2. The predicted molar refractivity (Wildman–Crippen MR) is 151 cm³/mol. The molecule has 0 spiro atoms. The van der Waals surface area contributed by atoms with E-state index < -0.39 is 5.82 Å². The fourth-order valence-electron chi connectivity index (χ4n) is 5.50. The first-order valence-electron chi connectivity index (χ1n) is 13.4.